The van der Waals surface area contributed by atoms with Gasteiger partial charge >= 0.3 is 0 Å². The number of benzene rings is 1. The third-order valence-corrected chi connectivity index (χ3v) is 3.03. The number of halogens is 3. The van der Waals surface area contributed by atoms with E-state index in [2.05, 4.69) is 21.2 Å². The minimum atomic E-state index is -0.638. The summed E-state index contributed by atoms with van der Waals surface area (Å²) in [5.41, 5.74) is 1.21. The third-order valence-electron chi connectivity index (χ3n) is 2.40. The van der Waals surface area contributed by atoms with Gasteiger partial charge in [0.05, 0.1) is 18.5 Å². The van der Waals surface area contributed by atoms with Crippen molar-refractivity contribution in [3.63, 3.8) is 0 Å². The van der Waals surface area contributed by atoms with Crippen LogP contribution in [0.2, 0.25) is 0 Å². The Morgan fingerprint density at radius 3 is 2.71 bits per heavy atom. The summed E-state index contributed by atoms with van der Waals surface area (Å²) in [5.74, 6) is -0.532. The van der Waals surface area contributed by atoms with Crippen molar-refractivity contribution in [2.24, 2.45) is 0 Å². The van der Waals surface area contributed by atoms with Crippen LogP contribution in [-0.2, 0) is 6.54 Å². The fraction of sp³-hybridized carbons (Fsp3) is 0.167. The molecule has 0 aliphatic rings. The van der Waals surface area contributed by atoms with Crippen molar-refractivity contribution in [2.75, 3.05) is 5.32 Å². The first kappa shape index (κ1) is 12.1. The first-order valence-corrected chi connectivity index (χ1v) is 5.78. The molecular formula is C12H10BrF2NO. The lowest BCUT2D eigenvalue weighted by Crippen LogP contribution is -2.03. The minimum absolute atomic E-state index is 0.224. The molecule has 90 valence electrons. The number of aryl methyl sites for hydroxylation is 1. The van der Waals surface area contributed by atoms with Gasteiger partial charge in [0.15, 0.2) is 0 Å². The molecule has 0 spiro atoms. The highest BCUT2D eigenvalue weighted by molar-refractivity contribution is 9.10. The maximum absolute atomic E-state index is 13.5. The molecule has 0 aliphatic carbocycles. The average molecular weight is 302 g/mol. The first-order chi connectivity index (χ1) is 8.08. The topological polar surface area (TPSA) is 25.2 Å². The maximum Gasteiger partial charge on any atom is 0.150 e. The van der Waals surface area contributed by atoms with Crippen LogP contribution < -0.4 is 5.32 Å². The van der Waals surface area contributed by atoms with Gasteiger partial charge in [0.1, 0.15) is 17.4 Å². The van der Waals surface area contributed by atoms with E-state index >= 15 is 0 Å². The van der Waals surface area contributed by atoms with Gasteiger partial charge in [0, 0.05) is 10.5 Å². The van der Waals surface area contributed by atoms with E-state index in [1.54, 1.807) is 6.26 Å². The Bertz CT molecular complexity index is 516. The highest BCUT2D eigenvalue weighted by atomic mass is 79.9. The van der Waals surface area contributed by atoms with Crippen molar-refractivity contribution in [2.45, 2.75) is 13.5 Å². The minimum Gasteiger partial charge on any atom is -0.467 e. The zero-order valence-corrected chi connectivity index (χ0v) is 10.6. The van der Waals surface area contributed by atoms with Crippen LogP contribution in [-0.4, -0.2) is 0 Å². The zero-order chi connectivity index (χ0) is 12.4. The van der Waals surface area contributed by atoms with E-state index in [-0.39, 0.29) is 5.69 Å². The molecule has 0 radical (unpaired) electrons. The van der Waals surface area contributed by atoms with Gasteiger partial charge in [-0.3, -0.25) is 0 Å². The Hall–Kier alpha value is -1.36. The largest absolute Gasteiger partial charge is 0.467 e. The van der Waals surface area contributed by atoms with Gasteiger partial charge in [-0.1, -0.05) is 0 Å². The number of nitrogens with one attached hydrogen (secondary N) is 1. The first-order valence-electron chi connectivity index (χ1n) is 4.99. The molecular weight excluding hydrogens is 292 g/mol. The SMILES string of the molecule is Cc1ccoc1CNc1c(F)cc(F)cc1Br. The van der Waals surface area contributed by atoms with E-state index in [0.29, 0.717) is 11.0 Å². The monoisotopic (exact) mass is 301 g/mol. The molecule has 0 saturated carbocycles. The van der Waals surface area contributed by atoms with Crippen molar-refractivity contribution in [3.8, 4) is 0 Å². The van der Waals surface area contributed by atoms with Gasteiger partial charge in [-0.15, -0.1) is 0 Å². The molecule has 0 amide bonds. The molecule has 1 aromatic carbocycles. The number of furan rings is 1. The normalized spacial score (nSPS) is 10.6. The van der Waals surface area contributed by atoms with Crippen molar-refractivity contribution < 1.29 is 13.2 Å². The van der Waals surface area contributed by atoms with Crippen LogP contribution in [0.4, 0.5) is 14.5 Å². The van der Waals surface area contributed by atoms with Crippen LogP contribution >= 0.6 is 15.9 Å². The van der Waals surface area contributed by atoms with Crippen molar-refractivity contribution in [1.29, 1.82) is 0 Å². The second-order valence-corrected chi connectivity index (χ2v) is 4.48. The molecule has 17 heavy (non-hydrogen) atoms. The quantitative estimate of drug-likeness (QED) is 0.917. The molecule has 1 heterocycles. The lowest BCUT2D eigenvalue weighted by atomic mass is 10.2. The van der Waals surface area contributed by atoms with E-state index in [4.69, 9.17) is 4.42 Å². The predicted molar refractivity (Wildman–Crippen MR) is 64.8 cm³/mol. The molecule has 0 bridgehead atoms. The summed E-state index contributed by atoms with van der Waals surface area (Å²) >= 11 is 3.11. The third kappa shape index (κ3) is 2.66. The van der Waals surface area contributed by atoms with Crippen LogP contribution in [0, 0.1) is 18.6 Å². The van der Waals surface area contributed by atoms with Gasteiger partial charge in [0.2, 0.25) is 0 Å². The van der Waals surface area contributed by atoms with Gasteiger partial charge in [0.25, 0.3) is 0 Å². The van der Waals surface area contributed by atoms with Crippen molar-refractivity contribution in [3.05, 3.63) is 51.9 Å². The molecule has 0 atom stereocenters. The van der Waals surface area contributed by atoms with Gasteiger partial charge < -0.3 is 9.73 Å². The lowest BCUT2D eigenvalue weighted by Gasteiger charge is -2.09. The van der Waals surface area contributed by atoms with Gasteiger partial charge in [-0.05, 0) is 40.5 Å². The summed E-state index contributed by atoms with van der Waals surface area (Å²) in [7, 11) is 0. The highest BCUT2D eigenvalue weighted by Gasteiger charge is 2.10. The van der Waals surface area contributed by atoms with Crippen LogP contribution in [0.1, 0.15) is 11.3 Å². The molecule has 2 rings (SSSR count). The van der Waals surface area contributed by atoms with E-state index < -0.39 is 11.6 Å². The summed E-state index contributed by atoms with van der Waals surface area (Å²) in [6, 6.07) is 3.87. The van der Waals surface area contributed by atoms with E-state index in [1.807, 2.05) is 13.0 Å². The molecule has 2 aromatic rings. The Morgan fingerprint density at radius 2 is 2.12 bits per heavy atom. The van der Waals surface area contributed by atoms with Crippen LogP contribution in [0.5, 0.6) is 0 Å². The fourth-order valence-corrected chi connectivity index (χ4v) is 2.01. The van der Waals surface area contributed by atoms with Crippen LogP contribution in [0.15, 0.2) is 33.4 Å². The second kappa shape index (κ2) is 4.87. The standard InChI is InChI=1S/C12H10BrF2NO/c1-7-2-3-17-11(7)6-16-12-9(13)4-8(14)5-10(12)15/h2-5,16H,6H2,1H3. The summed E-state index contributed by atoms with van der Waals surface area (Å²) in [6.45, 7) is 2.25. The zero-order valence-electron chi connectivity index (χ0n) is 9.06. The predicted octanol–water partition coefficient (Wildman–Crippen LogP) is 4.24. The molecule has 1 N–H and O–H groups in total. The molecule has 0 saturated heterocycles. The number of hydrogen-bond donors (Lipinski definition) is 1. The van der Waals surface area contributed by atoms with E-state index in [1.165, 1.54) is 6.07 Å². The molecule has 2 nitrogen and oxygen atoms in total. The Labute approximate surface area is 106 Å². The smallest absolute Gasteiger partial charge is 0.150 e. The summed E-state index contributed by atoms with van der Waals surface area (Å²) in [5, 5.41) is 2.87. The summed E-state index contributed by atoms with van der Waals surface area (Å²) < 4.78 is 31.9. The molecule has 0 aliphatic heterocycles. The lowest BCUT2D eigenvalue weighted by molar-refractivity contribution is 0.514. The second-order valence-electron chi connectivity index (χ2n) is 3.62. The molecule has 0 fully saturated rings. The summed E-state index contributed by atoms with van der Waals surface area (Å²) in [6.07, 6.45) is 1.57. The molecule has 1 aromatic heterocycles. The summed E-state index contributed by atoms with van der Waals surface area (Å²) in [4.78, 5) is 0. The van der Waals surface area contributed by atoms with Crippen LogP contribution in [0.3, 0.4) is 0 Å². The molecule has 5 heteroatoms. The highest BCUT2D eigenvalue weighted by Crippen LogP contribution is 2.27. The van der Waals surface area contributed by atoms with Gasteiger partial charge in [-0.2, -0.15) is 0 Å². The Kier molecular flexibility index (Phi) is 3.47. The number of hydrogen-bond acceptors (Lipinski definition) is 2. The maximum atomic E-state index is 13.5. The van der Waals surface area contributed by atoms with Crippen molar-refractivity contribution in [1.82, 2.24) is 0 Å². The number of rotatable bonds is 3. The Morgan fingerprint density at radius 1 is 1.35 bits per heavy atom. The molecule has 0 unspecified atom stereocenters. The van der Waals surface area contributed by atoms with E-state index in [9.17, 15) is 8.78 Å². The van der Waals surface area contributed by atoms with Crippen LogP contribution in [0.25, 0.3) is 0 Å². The van der Waals surface area contributed by atoms with E-state index in [0.717, 1.165) is 17.4 Å². The average Bonchev–Trinajstić information content (AvgIpc) is 2.62. The van der Waals surface area contributed by atoms with Crippen molar-refractivity contribution >= 4 is 21.6 Å². The number of anilines is 1. The van der Waals surface area contributed by atoms with Gasteiger partial charge in [-0.25, -0.2) is 8.78 Å². The fourth-order valence-electron chi connectivity index (χ4n) is 1.46. The Balaban J connectivity index is 2.17.